The zero-order valence-electron chi connectivity index (χ0n) is 17.7. The summed E-state index contributed by atoms with van der Waals surface area (Å²) >= 11 is 6.13. The lowest BCUT2D eigenvalue weighted by atomic mass is 9.66. The molecule has 0 radical (unpaired) electrons. The summed E-state index contributed by atoms with van der Waals surface area (Å²) in [5.74, 6) is 0.00145. The van der Waals surface area contributed by atoms with Gasteiger partial charge in [0.1, 0.15) is 0 Å². The maximum absolute atomic E-state index is 13.4. The second-order valence-electron chi connectivity index (χ2n) is 8.80. The first-order valence-corrected chi connectivity index (χ1v) is 11.0. The van der Waals surface area contributed by atoms with E-state index in [4.69, 9.17) is 11.6 Å². The van der Waals surface area contributed by atoms with Crippen LogP contribution in [0.4, 0.5) is 4.79 Å². The van der Waals surface area contributed by atoms with Crippen LogP contribution in [-0.4, -0.2) is 67.0 Å². The van der Waals surface area contributed by atoms with Crippen molar-refractivity contribution in [1.82, 2.24) is 20.4 Å². The standard InChI is InChI=1S/C22H33ClN4O2/c1-16(2)25-21(29)24-15-19-22(9-12-26(3)13-10-22)8-5-11-27(19)20(28)17-6-4-7-18(23)14-17/h4,6-7,14,16,19H,5,8-13,15H2,1-3H3,(H2,24,25,29)/t19-/m0/s1. The van der Waals surface area contributed by atoms with E-state index in [0.29, 0.717) is 23.7 Å². The largest absolute Gasteiger partial charge is 0.336 e. The molecule has 1 aromatic rings. The first-order valence-electron chi connectivity index (χ1n) is 10.6. The summed E-state index contributed by atoms with van der Waals surface area (Å²) in [5, 5.41) is 6.48. The van der Waals surface area contributed by atoms with Gasteiger partial charge in [-0.05, 0) is 83.3 Å². The third-order valence-corrected chi connectivity index (χ3v) is 6.58. The fraction of sp³-hybridized carbons (Fsp3) is 0.636. The number of carbonyl (C=O) groups excluding carboxylic acids is 2. The molecule has 0 unspecified atom stereocenters. The molecule has 3 rings (SSSR count). The molecule has 6 nitrogen and oxygen atoms in total. The van der Waals surface area contributed by atoms with Crippen LogP contribution in [0, 0.1) is 5.41 Å². The Balaban J connectivity index is 1.84. The lowest BCUT2D eigenvalue weighted by Crippen LogP contribution is -2.61. The molecule has 0 saturated carbocycles. The molecule has 2 aliphatic heterocycles. The van der Waals surface area contributed by atoms with Gasteiger partial charge in [0.15, 0.2) is 0 Å². The molecule has 2 fully saturated rings. The second-order valence-corrected chi connectivity index (χ2v) is 9.24. The van der Waals surface area contributed by atoms with E-state index in [9.17, 15) is 9.59 Å². The lowest BCUT2D eigenvalue weighted by Gasteiger charge is -2.53. The van der Waals surface area contributed by atoms with Crippen molar-refractivity contribution in [2.75, 3.05) is 33.2 Å². The molecule has 2 saturated heterocycles. The summed E-state index contributed by atoms with van der Waals surface area (Å²) in [4.78, 5) is 30.0. The summed E-state index contributed by atoms with van der Waals surface area (Å²) in [6.07, 6.45) is 4.17. The van der Waals surface area contributed by atoms with E-state index in [0.717, 1.165) is 38.8 Å². The first-order chi connectivity index (χ1) is 13.8. The van der Waals surface area contributed by atoms with Crippen LogP contribution in [0.25, 0.3) is 0 Å². The Labute approximate surface area is 179 Å². The van der Waals surface area contributed by atoms with Crippen molar-refractivity contribution in [3.05, 3.63) is 34.9 Å². The highest BCUT2D eigenvalue weighted by molar-refractivity contribution is 6.30. The number of amides is 3. The Hall–Kier alpha value is -1.79. The fourth-order valence-corrected chi connectivity index (χ4v) is 4.95. The third-order valence-electron chi connectivity index (χ3n) is 6.35. The van der Waals surface area contributed by atoms with Gasteiger partial charge in [0.05, 0.1) is 6.04 Å². The summed E-state index contributed by atoms with van der Waals surface area (Å²) in [6.45, 7) is 7.10. The molecule has 2 N–H and O–H groups in total. The predicted molar refractivity (Wildman–Crippen MR) is 116 cm³/mol. The van der Waals surface area contributed by atoms with Crippen LogP contribution >= 0.6 is 11.6 Å². The Kier molecular flexibility index (Phi) is 7.06. The molecule has 1 aromatic carbocycles. The zero-order valence-corrected chi connectivity index (χ0v) is 18.5. The van der Waals surface area contributed by atoms with E-state index in [1.165, 1.54) is 0 Å². The Morgan fingerprint density at radius 2 is 1.93 bits per heavy atom. The van der Waals surface area contributed by atoms with Crippen molar-refractivity contribution in [3.8, 4) is 0 Å². The molecule has 160 valence electrons. The number of rotatable bonds is 4. The van der Waals surface area contributed by atoms with Gasteiger partial charge in [-0.2, -0.15) is 0 Å². The lowest BCUT2D eigenvalue weighted by molar-refractivity contribution is -0.0177. The van der Waals surface area contributed by atoms with Gasteiger partial charge in [0, 0.05) is 29.7 Å². The van der Waals surface area contributed by atoms with E-state index < -0.39 is 0 Å². The fourth-order valence-electron chi connectivity index (χ4n) is 4.76. The van der Waals surface area contributed by atoms with E-state index in [2.05, 4.69) is 22.6 Å². The molecular formula is C22H33ClN4O2. The van der Waals surface area contributed by atoms with Crippen molar-refractivity contribution < 1.29 is 9.59 Å². The molecule has 1 spiro atoms. The number of piperidine rings is 2. The Morgan fingerprint density at radius 1 is 1.21 bits per heavy atom. The van der Waals surface area contributed by atoms with Gasteiger partial charge in [-0.25, -0.2) is 4.79 Å². The van der Waals surface area contributed by atoms with Crippen LogP contribution in [0.2, 0.25) is 5.02 Å². The van der Waals surface area contributed by atoms with E-state index in [1.54, 1.807) is 12.1 Å². The molecular weight excluding hydrogens is 388 g/mol. The monoisotopic (exact) mass is 420 g/mol. The summed E-state index contributed by atoms with van der Waals surface area (Å²) in [5.41, 5.74) is 0.656. The smallest absolute Gasteiger partial charge is 0.315 e. The molecule has 7 heteroatoms. The van der Waals surface area contributed by atoms with Crippen molar-refractivity contribution >= 4 is 23.5 Å². The number of likely N-dealkylation sites (tertiary alicyclic amines) is 2. The van der Waals surface area contributed by atoms with E-state index in [1.807, 2.05) is 30.9 Å². The molecule has 0 aromatic heterocycles. The van der Waals surface area contributed by atoms with Crippen LogP contribution < -0.4 is 10.6 Å². The van der Waals surface area contributed by atoms with Crippen molar-refractivity contribution in [2.24, 2.45) is 5.41 Å². The van der Waals surface area contributed by atoms with Crippen molar-refractivity contribution in [1.29, 1.82) is 0 Å². The number of carbonyl (C=O) groups is 2. The van der Waals surface area contributed by atoms with Gasteiger partial charge < -0.3 is 20.4 Å². The molecule has 0 aliphatic carbocycles. The maximum atomic E-state index is 13.4. The SMILES string of the molecule is CC(C)NC(=O)NC[C@@H]1N(C(=O)c2cccc(Cl)c2)CCCC12CCN(C)CC2. The first kappa shape index (κ1) is 21.9. The average Bonchev–Trinajstić information content (AvgIpc) is 2.68. The Bertz CT molecular complexity index is 731. The number of hydrogen-bond donors (Lipinski definition) is 2. The van der Waals surface area contributed by atoms with Gasteiger partial charge in [0.2, 0.25) is 0 Å². The maximum Gasteiger partial charge on any atom is 0.315 e. The van der Waals surface area contributed by atoms with Crippen LogP contribution in [0.1, 0.15) is 49.9 Å². The minimum atomic E-state index is -0.177. The van der Waals surface area contributed by atoms with Crippen molar-refractivity contribution in [2.45, 2.75) is 51.6 Å². The molecule has 2 aliphatic rings. The van der Waals surface area contributed by atoms with E-state index >= 15 is 0 Å². The predicted octanol–water partition coefficient (Wildman–Crippen LogP) is 3.36. The average molecular weight is 421 g/mol. The minimum Gasteiger partial charge on any atom is -0.336 e. The van der Waals surface area contributed by atoms with Gasteiger partial charge in [-0.3, -0.25) is 4.79 Å². The number of nitrogens with one attached hydrogen (secondary N) is 2. The van der Waals surface area contributed by atoms with Crippen LogP contribution in [-0.2, 0) is 0 Å². The molecule has 0 bridgehead atoms. The van der Waals surface area contributed by atoms with Crippen LogP contribution in [0.3, 0.4) is 0 Å². The number of urea groups is 1. The topological polar surface area (TPSA) is 64.7 Å². The molecule has 2 heterocycles. The highest BCUT2D eigenvalue weighted by Gasteiger charge is 2.47. The van der Waals surface area contributed by atoms with Gasteiger partial charge in [0.25, 0.3) is 5.91 Å². The summed E-state index contributed by atoms with van der Waals surface area (Å²) in [6, 6.07) is 7.02. The number of nitrogens with zero attached hydrogens (tertiary/aromatic N) is 2. The van der Waals surface area contributed by atoms with Gasteiger partial charge in [-0.1, -0.05) is 17.7 Å². The molecule has 29 heavy (non-hydrogen) atoms. The molecule has 3 amide bonds. The van der Waals surface area contributed by atoms with Gasteiger partial charge in [-0.15, -0.1) is 0 Å². The molecule has 1 atom stereocenters. The highest BCUT2D eigenvalue weighted by Crippen LogP contribution is 2.44. The normalized spacial score (nSPS) is 22.0. The number of benzene rings is 1. The van der Waals surface area contributed by atoms with E-state index in [-0.39, 0.29) is 29.4 Å². The van der Waals surface area contributed by atoms with Crippen LogP contribution in [0.5, 0.6) is 0 Å². The summed E-state index contributed by atoms with van der Waals surface area (Å²) < 4.78 is 0. The van der Waals surface area contributed by atoms with Crippen molar-refractivity contribution in [3.63, 3.8) is 0 Å². The Morgan fingerprint density at radius 3 is 2.59 bits per heavy atom. The highest BCUT2D eigenvalue weighted by atomic mass is 35.5. The van der Waals surface area contributed by atoms with Gasteiger partial charge >= 0.3 is 6.03 Å². The summed E-state index contributed by atoms with van der Waals surface area (Å²) in [7, 11) is 2.15. The minimum absolute atomic E-state index is 0.00145. The quantitative estimate of drug-likeness (QED) is 0.784. The second kappa shape index (κ2) is 9.35. The number of halogens is 1. The zero-order chi connectivity index (χ0) is 21.0. The third kappa shape index (κ3) is 5.23. The van der Waals surface area contributed by atoms with Crippen LogP contribution in [0.15, 0.2) is 24.3 Å². The number of hydrogen-bond acceptors (Lipinski definition) is 3.